The zero-order chi connectivity index (χ0) is 30.8. The lowest BCUT2D eigenvalue weighted by Crippen LogP contribution is -2.36. The molecule has 8 nitrogen and oxygen atoms in total. The molecule has 2 amide bonds. The van der Waals surface area contributed by atoms with E-state index < -0.39 is 67.7 Å². The molecule has 1 aromatic heterocycles. The molecule has 0 saturated heterocycles. The van der Waals surface area contributed by atoms with Gasteiger partial charge < -0.3 is 20.5 Å². The summed E-state index contributed by atoms with van der Waals surface area (Å²) in [4.78, 5) is 38.2. The number of hydrogen-bond donors (Lipinski definition) is 2. The largest absolute Gasteiger partial charge is 0.491 e. The molecule has 3 aromatic rings. The van der Waals surface area contributed by atoms with Crippen LogP contribution in [-0.2, 0) is 16.0 Å². The van der Waals surface area contributed by atoms with Crippen LogP contribution < -0.4 is 21.3 Å². The number of nitrogens with one attached hydrogen (secondary N) is 1. The van der Waals surface area contributed by atoms with Crippen LogP contribution in [0.1, 0.15) is 35.3 Å². The number of rotatable bonds is 8. The van der Waals surface area contributed by atoms with Gasteiger partial charge in [-0.25, -0.2) is 0 Å². The summed E-state index contributed by atoms with van der Waals surface area (Å²) in [5.74, 6) is -3.55. The van der Waals surface area contributed by atoms with E-state index in [1.807, 2.05) is 0 Å². The van der Waals surface area contributed by atoms with Crippen molar-refractivity contribution in [1.29, 1.82) is 0 Å². The summed E-state index contributed by atoms with van der Waals surface area (Å²) in [6, 6.07) is 9.38. The molecule has 0 saturated carbocycles. The number of carbonyl (C=O) groups is 2. The molecule has 0 aliphatic carbocycles. The van der Waals surface area contributed by atoms with Gasteiger partial charge in [-0.05, 0) is 60.9 Å². The van der Waals surface area contributed by atoms with Crippen LogP contribution in [0.4, 0.5) is 27.6 Å². The van der Waals surface area contributed by atoms with Gasteiger partial charge >= 0.3 is 12.8 Å². The Balaban J connectivity index is 1.78. The molecule has 0 spiro atoms. The monoisotopic (exact) mass is 613 g/mol. The van der Waals surface area contributed by atoms with Gasteiger partial charge in [-0.1, -0.05) is 17.7 Å². The molecule has 14 heteroatoms. The second kappa shape index (κ2) is 12.5. The van der Waals surface area contributed by atoms with Crippen molar-refractivity contribution in [2.45, 2.75) is 44.7 Å². The first-order valence-electron chi connectivity index (χ1n) is 12.6. The third kappa shape index (κ3) is 7.26. The standard InChI is InChI=1S/C28H25ClF5N3O5/c1-14(42-27(30)31)8-22(26(40)36-19-6-3-15(4-7-19)25(35)39)37-12-23-21(11-24(37)38)20-10-18(29)5-2-16(20)9-17(13-41-23)28(32,33)34/h2-7,10-12,14,17,22,27H,8-9,13H2,1H3,(H2,35,39)(H,36,40)/t14-,17+,22-/m0/s1. The normalized spacial score (nSPS) is 16.3. The number of pyridine rings is 1. The Kier molecular flexibility index (Phi) is 9.21. The molecule has 0 bridgehead atoms. The number of anilines is 1. The van der Waals surface area contributed by atoms with E-state index in [4.69, 9.17) is 22.1 Å². The lowest BCUT2D eigenvalue weighted by atomic mass is 9.91. The number of ether oxygens (including phenoxy) is 2. The Morgan fingerprint density at radius 1 is 1.14 bits per heavy atom. The third-order valence-electron chi connectivity index (χ3n) is 6.74. The molecule has 0 radical (unpaired) electrons. The van der Waals surface area contributed by atoms with Gasteiger partial charge in [0.05, 0.1) is 18.2 Å². The molecule has 1 aliphatic heterocycles. The predicted octanol–water partition coefficient (Wildman–Crippen LogP) is 5.58. The highest BCUT2D eigenvalue weighted by Crippen LogP contribution is 2.40. The number of amides is 2. The van der Waals surface area contributed by atoms with Gasteiger partial charge in [0.1, 0.15) is 18.4 Å². The number of benzene rings is 2. The fraction of sp³-hybridized carbons (Fsp3) is 0.321. The van der Waals surface area contributed by atoms with Crippen molar-refractivity contribution < 1.29 is 41.0 Å². The number of nitrogens with two attached hydrogens (primary N) is 1. The minimum absolute atomic E-state index is 0.141. The first kappa shape index (κ1) is 31.0. The van der Waals surface area contributed by atoms with E-state index in [1.54, 1.807) is 0 Å². The van der Waals surface area contributed by atoms with E-state index in [0.717, 1.165) is 16.8 Å². The number of primary amides is 1. The van der Waals surface area contributed by atoms with Crippen LogP contribution in [-0.4, -0.2) is 41.9 Å². The maximum atomic E-state index is 13.8. The van der Waals surface area contributed by atoms with Crippen LogP contribution in [0, 0.1) is 5.92 Å². The van der Waals surface area contributed by atoms with E-state index in [9.17, 15) is 36.3 Å². The summed E-state index contributed by atoms with van der Waals surface area (Å²) in [6.45, 7) is -2.67. The highest BCUT2D eigenvalue weighted by atomic mass is 35.5. The number of alkyl halides is 5. The average Bonchev–Trinajstić information content (AvgIpc) is 2.89. The van der Waals surface area contributed by atoms with Crippen molar-refractivity contribution in [2.75, 3.05) is 11.9 Å². The molecule has 1 aliphatic rings. The molecule has 3 atom stereocenters. The highest BCUT2D eigenvalue weighted by molar-refractivity contribution is 6.30. The van der Waals surface area contributed by atoms with Crippen molar-refractivity contribution in [2.24, 2.45) is 11.7 Å². The van der Waals surface area contributed by atoms with Crippen molar-refractivity contribution >= 4 is 29.1 Å². The number of hydrogen-bond acceptors (Lipinski definition) is 5. The molecule has 2 aromatic carbocycles. The van der Waals surface area contributed by atoms with Gasteiger partial charge in [0.2, 0.25) is 11.8 Å². The molecule has 0 unspecified atom stereocenters. The van der Waals surface area contributed by atoms with Gasteiger partial charge in [0.25, 0.3) is 5.56 Å². The lowest BCUT2D eigenvalue weighted by Gasteiger charge is -2.28. The van der Waals surface area contributed by atoms with Crippen molar-refractivity contribution in [3.8, 4) is 16.9 Å². The van der Waals surface area contributed by atoms with Crippen LogP contribution in [0.5, 0.6) is 5.75 Å². The number of aromatic nitrogens is 1. The molecule has 224 valence electrons. The summed E-state index contributed by atoms with van der Waals surface area (Å²) < 4.78 is 78.2. The fourth-order valence-corrected chi connectivity index (χ4v) is 4.81. The third-order valence-corrected chi connectivity index (χ3v) is 6.98. The maximum absolute atomic E-state index is 13.8. The fourth-order valence-electron chi connectivity index (χ4n) is 4.64. The van der Waals surface area contributed by atoms with E-state index in [1.165, 1.54) is 49.4 Å². The Labute approximate surface area is 241 Å². The molecule has 0 fully saturated rings. The van der Waals surface area contributed by atoms with Gasteiger partial charge in [0.15, 0.2) is 0 Å². The SMILES string of the molecule is C[C@@H](C[C@@H](C(=O)Nc1ccc(C(N)=O)cc1)n1cc2c(cc1=O)-c1cc(Cl)ccc1C[C@@H](C(F)(F)F)CO2)OC(F)F. The molecule has 3 N–H and O–H groups in total. The van der Waals surface area contributed by atoms with Gasteiger partial charge in [-0.3, -0.25) is 19.0 Å². The summed E-state index contributed by atoms with van der Waals surface area (Å²) in [6.07, 6.45) is -5.57. The van der Waals surface area contributed by atoms with E-state index in [2.05, 4.69) is 10.1 Å². The van der Waals surface area contributed by atoms with Crippen LogP contribution in [0.25, 0.3) is 11.1 Å². The van der Waals surface area contributed by atoms with Crippen LogP contribution in [0.15, 0.2) is 59.5 Å². The van der Waals surface area contributed by atoms with E-state index >= 15 is 0 Å². The number of nitrogens with zero attached hydrogens (tertiary/aromatic N) is 1. The zero-order valence-corrected chi connectivity index (χ0v) is 22.7. The molecular weight excluding hydrogens is 589 g/mol. The predicted molar refractivity (Wildman–Crippen MR) is 144 cm³/mol. The summed E-state index contributed by atoms with van der Waals surface area (Å²) >= 11 is 6.13. The summed E-state index contributed by atoms with van der Waals surface area (Å²) in [5.41, 5.74) is 5.53. The number of fused-ring (bicyclic) bond motifs is 3. The topological polar surface area (TPSA) is 113 Å². The van der Waals surface area contributed by atoms with Crippen molar-refractivity contribution in [3.05, 3.63) is 81.2 Å². The minimum atomic E-state index is -4.60. The van der Waals surface area contributed by atoms with Gasteiger partial charge in [-0.2, -0.15) is 22.0 Å². The summed E-state index contributed by atoms with van der Waals surface area (Å²) in [7, 11) is 0. The van der Waals surface area contributed by atoms with Crippen LogP contribution in [0.2, 0.25) is 5.02 Å². The summed E-state index contributed by atoms with van der Waals surface area (Å²) in [5, 5.41) is 2.76. The molecule has 2 heterocycles. The molecular formula is C28H25ClF5N3O5. The highest BCUT2D eigenvalue weighted by Gasteiger charge is 2.41. The minimum Gasteiger partial charge on any atom is -0.491 e. The van der Waals surface area contributed by atoms with Crippen LogP contribution in [0.3, 0.4) is 0 Å². The van der Waals surface area contributed by atoms with E-state index in [-0.39, 0.29) is 38.7 Å². The zero-order valence-electron chi connectivity index (χ0n) is 22.0. The maximum Gasteiger partial charge on any atom is 0.395 e. The smallest absolute Gasteiger partial charge is 0.395 e. The number of halogens is 6. The van der Waals surface area contributed by atoms with Crippen molar-refractivity contribution in [3.63, 3.8) is 0 Å². The first-order valence-corrected chi connectivity index (χ1v) is 13.0. The van der Waals surface area contributed by atoms with Gasteiger partial charge in [-0.15, -0.1) is 0 Å². The Morgan fingerprint density at radius 3 is 2.45 bits per heavy atom. The van der Waals surface area contributed by atoms with Gasteiger partial charge in [0, 0.05) is 34.3 Å². The Bertz CT molecular complexity index is 1530. The second-order valence-electron chi connectivity index (χ2n) is 9.74. The molecule has 4 rings (SSSR count). The first-order chi connectivity index (χ1) is 19.7. The van der Waals surface area contributed by atoms with E-state index in [0.29, 0.717) is 0 Å². The Morgan fingerprint density at radius 2 is 1.83 bits per heavy atom. The quantitative estimate of drug-likeness (QED) is 0.322. The molecule has 42 heavy (non-hydrogen) atoms. The van der Waals surface area contributed by atoms with Crippen LogP contribution >= 0.6 is 11.6 Å². The second-order valence-corrected chi connectivity index (χ2v) is 10.2. The lowest BCUT2D eigenvalue weighted by molar-refractivity contribution is -0.181. The Hall–Kier alpha value is -3.97. The average molecular weight is 614 g/mol. The number of carbonyl (C=O) groups excluding carboxylic acids is 2. The van der Waals surface area contributed by atoms with Crippen molar-refractivity contribution in [1.82, 2.24) is 4.57 Å².